The van der Waals surface area contributed by atoms with E-state index in [4.69, 9.17) is 0 Å². The van der Waals surface area contributed by atoms with Crippen molar-refractivity contribution in [3.05, 3.63) is 62.7 Å². The van der Waals surface area contributed by atoms with E-state index in [1.165, 1.54) is 0 Å². The third-order valence-corrected chi connectivity index (χ3v) is 1.92. The topological polar surface area (TPSA) is 78.6 Å². The van der Waals surface area contributed by atoms with Gasteiger partial charge < -0.3 is 0 Å². The van der Waals surface area contributed by atoms with Crippen LogP contribution in [0.3, 0.4) is 0 Å². The molecule has 0 radical (unpaired) electrons. The van der Waals surface area contributed by atoms with Crippen LogP contribution in [0.2, 0.25) is 0 Å². The Hall–Kier alpha value is -2.43. The first-order valence-electron chi connectivity index (χ1n) is 4.68. The van der Waals surface area contributed by atoms with Gasteiger partial charge in [-0.05, 0) is 11.6 Å². The van der Waals surface area contributed by atoms with Gasteiger partial charge in [0.1, 0.15) is 5.82 Å². The maximum atomic E-state index is 10.9. The molecule has 1 aromatic heterocycles. The quantitative estimate of drug-likeness (QED) is 0.771. The fourth-order valence-electron chi connectivity index (χ4n) is 1.23. The summed E-state index contributed by atoms with van der Waals surface area (Å²) in [5, 5.41) is 0. The zero-order valence-corrected chi connectivity index (χ0v) is 8.31. The van der Waals surface area contributed by atoms with Crippen LogP contribution in [-0.4, -0.2) is 15.0 Å². The van der Waals surface area contributed by atoms with E-state index in [1.54, 1.807) is 12.2 Å². The van der Waals surface area contributed by atoms with E-state index in [0.717, 1.165) is 5.56 Å². The van der Waals surface area contributed by atoms with Crippen molar-refractivity contribution in [3.63, 3.8) is 0 Å². The summed E-state index contributed by atoms with van der Waals surface area (Å²) in [7, 11) is 0. The molecule has 80 valence electrons. The number of hydrogen-bond donors (Lipinski definition) is 2. The van der Waals surface area contributed by atoms with Crippen molar-refractivity contribution >= 4 is 12.2 Å². The Morgan fingerprint density at radius 2 is 1.75 bits per heavy atom. The summed E-state index contributed by atoms with van der Waals surface area (Å²) >= 11 is 0. The normalized spacial score (nSPS) is 10.8. The maximum absolute atomic E-state index is 10.9. The van der Waals surface area contributed by atoms with Crippen molar-refractivity contribution < 1.29 is 0 Å². The van der Waals surface area contributed by atoms with E-state index in [1.807, 2.05) is 35.3 Å². The van der Waals surface area contributed by atoms with Gasteiger partial charge in [0.2, 0.25) is 0 Å². The lowest BCUT2D eigenvalue weighted by Crippen LogP contribution is -2.25. The molecule has 0 atom stereocenters. The third kappa shape index (κ3) is 2.54. The Kier molecular flexibility index (Phi) is 2.77. The predicted octanol–water partition coefficient (Wildman–Crippen LogP) is 0.629. The van der Waals surface area contributed by atoms with Crippen LogP contribution in [0.1, 0.15) is 11.4 Å². The second kappa shape index (κ2) is 4.39. The summed E-state index contributed by atoms with van der Waals surface area (Å²) in [4.78, 5) is 29.8. The summed E-state index contributed by atoms with van der Waals surface area (Å²) in [6.07, 6.45) is 3.34. The van der Waals surface area contributed by atoms with Gasteiger partial charge in [-0.3, -0.25) is 9.97 Å². The fourth-order valence-corrected chi connectivity index (χ4v) is 1.23. The molecule has 5 heteroatoms. The van der Waals surface area contributed by atoms with E-state index in [2.05, 4.69) is 9.97 Å². The van der Waals surface area contributed by atoms with Gasteiger partial charge in [0.15, 0.2) is 0 Å². The largest absolute Gasteiger partial charge is 0.350 e. The summed E-state index contributed by atoms with van der Waals surface area (Å²) in [6, 6.07) is 9.51. The molecule has 2 N–H and O–H groups in total. The first kappa shape index (κ1) is 10.1. The van der Waals surface area contributed by atoms with Crippen LogP contribution < -0.4 is 11.4 Å². The van der Waals surface area contributed by atoms with E-state index < -0.39 is 11.4 Å². The van der Waals surface area contributed by atoms with E-state index in [0.29, 0.717) is 0 Å². The van der Waals surface area contributed by atoms with Gasteiger partial charge in [-0.2, -0.15) is 4.98 Å². The van der Waals surface area contributed by atoms with Gasteiger partial charge >= 0.3 is 11.4 Å². The molecule has 2 rings (SSSR count). The molecule has 0 aliphatic heterocycles. The highest BCUT2D eigenvalue weighted by Crippen LogP contribution is 2.02. The predicted molar refractivity (Wildman–Crippen MR) is 60.8 cm³/mol. The molecule has 0 fully saturated rings. The number of nitrogens with zero attached hydrogens (tertiary/aromatic N) is 1. The number of H-pyrrole nitrogens is 2. The van der Waals surface area contributed by atoms with E-state index in [9.17, 15) is 9.59 Å². The summed E-state index contributed by atoms with van der Waals surface area (Å²) in [5.74, 6) is 0.234. The number of hydrogen-bond acceptors (Lipinski definition) is 3. The molecule has 1 heterocycles. The molecule has 0 bridgehead atoms. The second-order valence-corrected chi connectivity index (χ2v) is 3.13. The minimum absolute atomic E-state index is 0.234. The molecule has 0 amide bonds. The number of nitrogens with one attached hydrogen (secondary N) is 2. The van der Waals surface area contributed by atoms with Crippen LogP contribution in [0.25, 0.3) is 12.2 Å². The number of benzene rings is 1. The monoisotopic (exact) mass is 215 g/mol. The van der Waals surface area contributed by atoms with Gasteiger partial charge in [0.25, 0.3) is 0 Å². The molecule has 0 spiro atoms. The molecule has 5 nitrogen and oxygen atoms in total. The zero-order valence-electron chi connectivity index (χ0n) is 8.31. The third-order valence-electron chi connectivity index (χ3n) is 1.92. The van der Waals surface area contributed by atoms with Crippen LogP contribution in [0.15, 0.2) is 39.9 Å². The molecule has 1 aromatic carbocycles. The minimum Gasteiger partial charge on any atom is -0.292 e. The lowest BCUT2D eigenvalue weighted by molar-refractivity contribution is 0.919. The molecular weight excluding hydrogens is 206 g/mol. The molecule has 2 aromatic rings. The number of rotatable bonds is 2. The Balaban J connectivity index is 2.31. The summed E-state index contributed by atoms with van der Waals surface area (Å²) in [5.41, 5.74) is -0.255. The van der Waals surface area contributed by atoms with Crippen LogP contribution in [0.5, 0.6) is 0 Å². The standard InChI is InChI=1S/C11H9N3O2/c15-10-12-9(13-11(16)14-10)7-6-8-4-2-1-3-5-8/h1-7H,(H2,12,13,14,15,16). The first-order valence-corrected chi connectivity index (χ1v) is 4.68. The van der Waals surface area contributed by atoms with Crippen molar-refractivity contribution in [1.29, 1.82) is 0 Å². The smallest absolute Gasteiger partial charge is 0.292 e. The van der Waals surface area contributed by atoms with Crippen molar-refractivity contribution in [3.8, 4) is 0 Å². The molecule has 16 heavy (non-hydrogen) atoms. The second-order valence-electron chi connectivity index (χ2n) is 3.13. The van der Waals surface area contributed by atoms with Crippen molar-refractivity contribution in [2.45, 2.75) is 0 Å². The van der Waals surface area contributed by atoms with Crippen LogP contribution in [-0.2, 0) is 0 Å². The Morgan fingerprint density at radius 3 is 2.44 bits per heavy atom. The van der Waals surface area contributed by atoms with Gasteiger partial charge in [0.05, 0.1) is 0 Å². The summed E-state index contributed by atoms with van der Waals surface area (Å²) < 4.78 is 0. The highest BCUT2D eigenvalue weighted by Gasteiger charge is 1.93. The lowest BCUT2D eigenvalue weighted by atomic mass is 10.2. The van der Waals surface area contributed by atoms with Crippen LogP contribution in [0, 0.1) is 0 Å². The average Bonchev–Trinajstić information content (AvgIpc) is 2.27. The van der Waals surface area contributed by atoms with Crippen LogP contribution in [0.4, 0.5) is 0 Å². The van der Waals surface area contributed by atoms with Crippen molar-refractivity contribution in [2.75, 3.05) is 0 Å². The lowest BCUT2D eigenvalue weighted by Gasteiger charge is -1.92. The molecule has 0 saturated heterocycles. The Labute approximate surface area is 90.5 Å². The molecule has 0 aliphatic carbocycles. The maximum Gasteiger partial charge on any atom is 0.350 e. The Bertz CT molecular complexity index is 583. The highest BCUT2D eigenvalue weighted by atomic mass is 16.2. The number of aromatic nitrogens is 3. The van der Waals surface area contributed by atoms with Gasteiger partial charge in [0, 0.05) is 0 Å². The first-order chi connectivity index (χ1) is 7.74. The zero-order chi connectivity index (χ0) is 11.4. The van der Waals surface area contributed by atoms with Crippen molar-refractivity contribution in [2.24, 2.45) is 0 Å². The van der Waals surface area contributed by atoms with Gasteiger partial charge in [-0.25, -0.2) is 9.59 Å². The van der Waals surface area contributed by atoms with Gasteiger partial charge in [-0.1, -0.05) is 36.4 Å². The van der Waals surface area contributed by atoms with E-state index >= 15 is 0 Å². The SMILES string of the molecule is O=c1nc(C=Cc2ccccc2)[nH]c(=O)[nH]1. The molecule has 0 unspecified atom stereocenters. The fraction of sp³-hybridized carbons (Fsp3) is 0. The number of aromatic amines is 2. The van der Waals surface area contributed by atoms with Crippen molar-refractivity contribution in [1.82, 2.24) is 15.0 Å². The van der Waals surface area contributed by atoms with E-state index in [-0.39, 0.29) is 5.82 Å². The summed E-state index contributed by atoms with van der Waals surface area (Å²) in [6.45, 7) is 0. The molecule has 0 aliphatic rings. The molecular formula is C11H9N3O2. The highest BCUT2D eigenvalue weighted by molar-refractivity contribution is 5.66. The minimum atomic E-state index is -0.656. The van der Waals surface area contributed by atoms with Crippen LogP contribution >= 0.6 is 0 Å². The van der Waals surface area contributed by atoms with Gasteiger partial charge in [-0.15, -0.1) is 0 Å². The molecule has 0 saturated carbocycles. The Morgan fingerprint density at radius 1 is 1.00 bits per heavy atom. The average molecular weight is 215 g/mol.